The third-order valence-corrected chi connectivity index (χ3v) is 4.66. The number of thiophene rings is 1. The second-order valence-electron chi connectivity index (χ2n) is 4.90. The lowest BCUT2D eigenvalue weighted by Crippen LogP contribution is -2.24. The number of nitrogens with two attached hydrogens (primary N) is 1. The Hall–Kier alpha value is -0.380. The molecule has 2 unspecified atom stereocenters. The maximum Gasteiger partial charge on any atom is 0.0576 e. The topological polar surface area (TPSA) is 35.2 Å². The van der Waals surface area contributed by atoms with Gasteiger partial charge in [-0.1, -0.05) is 6.92 Å². The average molecular weight is 253 g/mol. The Morgan fingerprint density at radius 3 is 2.94 bits per heavy atom. The summed E-state index contributed by atoms with van der Waals surface area (Å²) in [6.07, 6.45) is 7.32. The standard InChI is InChI=1S/C14H23NOS/c1-2-13-7-8-14(17-13)10-11(15)5-6-12-4-3-9-16-12/h7-8,11-12H,2-6,9-10,15H2,1H3. The van der Waals surface area contributed by atoms with Crippen LogP contribution in [0.4, 0.5) is 0 Å². The van der Waals surface area contributed by atoms with Crippen LogP contribution in [0.2, 0.25) is 0 Å². The molecule has 2 heterocycles. The predicted octanol–water partition coefficient (Wildman–Crippen LogP) is 3.14. The molecule has 1 aromatic rings. The van der Waals surface area contributed by atoms with Gasteiger partial charge in [-0.15, -0.1) is 11.3 Å². The van der Waals surface area contributed by atoms with E-state index in [9.17, 15) is 0 Å². The summed E-state index contributed by atoms with van der Waals surface area (Å²) in [5.74, 6) is 0. The van der Waals surface area contributed by atoms with Crippen molar-refractivity contribution in [3.8, 4) is 0 Å². The van der Waals surface area contributed by atoms with E-state index in [1.807, 2.05) is 11.3 Å². The van der Waals surface area contributed by atoms with Gasteiger partial charge >= 0.3 is 0 Å². The molecule has 2 N–H and O–H groups in total. The van der Waals surface area contributed by atoms with Crippen molar-refractivity contribution >= 4 is 11.3 Å². The summed E-state index contributed by atoms with van der Waals surface area (Å²) in [6.45, 7) is 3.15. The SMILES string of the molecule is CCc1ccc(CC(N)CCC2CCCO2)s1. The predicted molar refractivity (Wildman–Crippen MR) is 73.6 cm³/mol. The fraction of sp³-hybridized carbons (Fsp3) is 0.714. The van der Waals surface area contributed by atoms with Crippen molar-refractivity contribution in [1.29, 1.82) is 0 Å². The van der Waals surface area contributed by atoms with E-state index >= 15 is 0 Å². The van der Waals surface area contributed by atoms with E-state index in [0.29, 0.717) is 12.1 Å². The second kappa shape index (κ2) is 6.53. The van der Waals surface area contributed by atoms with E-state index in [0.717, 1.165) is 32.3 Å². The van der Waals surface area contributed by atoms with Crippen molar-refractivity contribution < 1.29 is 4.74 Å². The van der Waals surface area contributed by atoms with E-state index in [1.165, 1.54) is 22.6 Å². The van der Waals surface area contributed by atoms with E-state index < -0.39 is 0 Å². The minimum atomic E-state index is 0.294. The molecule has 1 saturated heterocycles. The minimum Gasteiger partial charge on any atom is -0.378 e. The van der Waals surface area contributed by atoms with Crippen LogP contribution in [0.3, 0.4) is 0 Å². The van der Waals surface area contributed by atoms with Crippen LogP contribution in [0, 0.1) is 0 Å². The zero-order valence-electron chi connectivity index (χ0n) is 10.7. The highest BCUT2D eigenvalue weighted by molar-refractivity contribution is 7.11. The molecule has 0 spiro atoms. The van der Waals surface area contributed by atoms with Crippen molar-refractivity contribution in [3.63, 3.8) is 0 Å². The summed E-state index contributed by atoms with van der Waals surface area (Å²) in [5, 5.41) is 0. The smallest absolute Gasteiger partial charge is 0.0576 e. The molecule has 3 heteroatoms. The first kappa shape index (κ1) is 13.1. The highest BCUT2D eigenvalue weighted by atomic mass is 32.1. The van der Waals surface area contributed by atoms with Crippen LogP contribution in [-0.4, -0.2) is 18.8 Å². The largest absolute Gasteiger partial charge is 0.378 e. The van der Waals surface area contributed by atoms with E-state index in [2.05, 4.69) is 19.1 Å². The van der Waals surface area contributed by atoms with Crippen LogP contribution < -0.4 is 5.73 Å². The van der Waals surface area contributed by atoms with Crippen LogP contribution in [0.25, 0.3) is 0 Å². The Morgan fingerprint density at radius 2 is 2.29 bits per heavy atom. The Bertz CT molecular complexity index is 331. The summed E-state index contributed by atoms with van der Waals surface area (Å²) in [4.78, 5) is 2.90. The fourth-order valence-electron chi connectivity index (χ4n) is 2.35. The molecule has 0 radical (unpaired) electrons. The van der Waals surface area contributed by atoms with Crippen LogP contribution in [0.5, 0.6) is 0 Å². The highest BCUT2D eigenvalue weighted by Crippen LogP contribution is 2.21. The Balaban J connectivity index is 1.70. The summed E-state index contributed by atoms with van der Waals surface area (Å²) in [6, 6.07) is 4.75. The number of ether oxygens (including phenoxy) is 1. The third-order valence-electron chi connectivity index (χ3n) is 3.41. The molecule has 1 aromatic heterocycles. The van der Waals surface area contributed by atoms with E-state index in [-0.39, 0.29) is 0 Å². The molecule has 1 fully saturated rings. The van der Waals surface area contributed by atoms with Crippen LogP contribution in [0.15, 0.2) is 12.1 Å². The maximum atomic E-state index is 6.19. The number of hydrogen-bond acceptors (Lipinski definition) is 3. The van der Waals surface area contributed by atoms with Gasteiger partial charge in [-0.3, -0.25) is 0 Å². The lowest BCUT2D eigenvalue weighted by molar-refractivity contribution is 0.101. The zero-order valence-corrected chi connectivity index (χ0v) is 11.5. The highest BCUT2D eigenvalue weighted by Gasteiger charge is 2.16. The number of aryl methyl sites for hydroxylation is 1. The van der Waals surface area contributed by atoms with Gasteiger partial charge in [0.05, 0.1) is 6.10 Å². The summed E-state index contributed by atoms with van der Waals surface area (Å²) in [5.41, 5.74) is 6.19. The summed E-state index contributed by atoms with van der Waals surface area (Å²) < 4.78 is 5.62. The summed E-state index contributed by atoms with van der Waals surface area (Å²) >= 11 is 1.91. The van der Waals surface area contributed by atoms with E-state index in [1.54, 1.807) is 0 Å². The lowest BCUT2D eigenvalue weighted by atomic mass is 10.0. The Kier molecular flexibility index (Phi) is 5.01. The molecule has 0 amide bonds. The molecule has 0 aliphatic carbocycles. The molecule has 0 aromatic carbocycles. The molecular weight excluding hydrogens is 230 g/mol. The molecule has 1 aliphatic rings. The Labute approximate surface area is 108 Å². The van der Waals surface area contributed by atoms with Gasteiger partial charge in [-0.2, -0.15) is 0 Å². The first-order chi connectivity index (χ1) is 8.28. The van der Waals surface area contributed by atoms with Gasteiger partial charge < -0.3 is 10.5 Å². The normalized spacial score (nSPS) is 21.9. The van der Waals surface area contributed by atoms with Crippen LogP contribution in [0.1, 0.15) is 42.4 Å². The van der Waals surface area contributed by atoms with Crippen LogP contribution in [-0.2, 0) is 17.6 Å². The van der Waals surface area contributed by atoms with Gasteiger partial charge in [0.15, 0.2) is 0 Å². The Morgan fingerprint density at radius 1 is 1.47 bits per heavy atom. The molecule has 96 valence electrons. The first-order valence-corrected chi connectivity index (χ1v) is 7.54. The molecule has 2 rings (SSSR count). The molecule has 1 aliphatic heterocycles. The van der Waals surface area contributed by atoms with Crippen LogP contribution >= 0.6 is 11.3 Å². The van der Waals surface area contributed by atoms with Crippen molar-refractivity contribution in [2.75, 3.05) is 6.61 Å². The molecule has 17 heavy (non-hydrogen) atoms. The second-order valence-corrected chi connectivity index (χ2v) is 6.15. The molecule has 2 atom stereocenters. The third kappa shape index (κ3) is 4.09. The minimum absolute atomic E-state index is 0.294. The number of hydrogen-bond donors (Lipinski definition) is 1. The van der Waals surface area contributed by atoms with Crippen molar-refractivity contribution in [1.82, 2.24) is 0 Å². The average Bonchev–Trinajstić information content (AvgIpc) is 2.97. The fourth-order valence-corrected chi connectivity index (χ4v) is 3.41. The van der Waals surface area contributed by atoms with Gasteiger partial charge in [0.1, 0.15) is 0 Å². The zero-order chi connectivity index (χ0) is 12.1. The van der Waals surface area contributed by atoms with Crippen molar-refractivity contribution in [3.05, 3.63) is 21.9 Å². The lowest BCUT2D eigenvalue weighted by Gasteiger charge is -2.13. The maximum absolute atomic E-state index is 6.19. The molecule has 2 nitrogen and oxygen atoms in total. The van der Waals surface area contributed by atoms with Gasteiger partial charge in [-0.05, 0) is 50.7 Å². The molecule has 0 bridgehead atoms. The molecular formula is C14H23NOS. The monoisotopic (exact) mass is 253 g/mol. The van der Waals surface area contributed by atoms with E-state index in [4.69, 9.17) is 10.5 Å². The molecule has 0 saturated carbocycles. The van der Waals surface area contributed by atoms with Gasteiger partial charge in [-0.25, -0.2) is 0 Å². The first-order valence-electron chi connectivity index (χ1n) is 6.72. The van der Waals surface area contributed by atoms with Crippen molar-refractivity contribution in [2.45, 2.75) is 57.6 Å². The van der Waals surface area contributed by atoms with Gasteiger partial charge in [0.25, 0.3) is 0 Å². The van der Waals surface area contributed by atoms with Crippen molar-refractivity contribution in [2.24, 2.45) is 5.73 Å². The number of rotatable bonds is 6. The summed E-state index contributed by atoms with van der Waals surface area (Å²) in [7, 11) is 0. The quantitative estimate of drug-likeness (QED) is 0.845. The van der Waals surface area contributed by atoms with Gasteiger partial charge in [0, 0.05) is 22.4 Å². The van der Waals surface area contributed by atoms with Gasteiger partial charge in [0.2, 0.25) is 0 Å².